The summed E-state index contributed by atoms with van der Waals surface area (Å²) in [6.07, 6.45) is 0. The summed E-state index contributed by atoms with van der Waals surface area (Å²) in [5.74, 6) is 0.132. The van der Waals surface area contributed by atoms with Gasteiger partial charge < -0.3 is 10.8 Å². The second-order valence-corrected chi connectivity index (χ2v) is 4.80. The van der Waals surface area contributed by atoms with Crippen LogP contribution in [0.4, 0.5) is 0 Å². The van der Waals surface area contributed by atoms with Gasteiger partial charge in [-0.25, -0.2) is 4.98 Å². The van der Waals surface area contributed by atoms with Crippen LogP contribution < -0.4 is 5.73 Å². The van der Waals surface area contributed by atoms with Crippen LogP contribution in [-0.4, -0.2) is 10.1 Å². The van der Waals surface area contributed by atoms with Gasteiger partial charge >= 0.3 is 0 Å². The molecule has 68 valence electrons. The van der Waals surface area contributed by atoms with Crippen molar-refractivity contribution in [3.63, 3.8) is 0 Å². The van der Waals surface area contributed by atoms with Gasteiger partial charge in [-0.15, -0.1) is 11.3 Å². The standard InChI is InChI=1S/C8H14N2OS/c1-8(2,3)6-7(11)10-5(4-9)12-6/h11H,4,9H2,1-3H3. The fourth-order valence-electron chi connectivity index (χ4n) is 0.931. The highest BCUT2D eigenvalue weighted by atomic mass is 32.1. The van der Waals surface area contributed by atoms with E-state index in [1.54, 1.807) is 0 Å². The summed E-state index contributed by atoms with van der Waals surface area (Å²) in [5, 5.41) is 10.2. The molecule has 0 saturated carbocycles. The monoisotopic (exact) mass is 186 g/mol. The predicted octanol–water partition coefficient (Wildman–Crippen LogP) is 1.60. The minimum atomic E-state index is -0.0465. The van der Waals surface area contributed by atoms with Crippen molar-refractivity contribution in [1.82, 2.24) is 4.98 Å². The molecular formula is C8H14N2OS. The van der Waals surface area contributed by atoms with Gasteiger partial charge in [-0.1, -0.05) is 20.8 Å². The van der Waals surface area contributed by atoms with Gasteiger partial charge in [0.1, 0.15) is 5.01 Å². The molecule has 0 fully saturated rings. The zero-order valence-corrected chi connectivity index (χ0v) is 8.40. The Morgan fingerprint density at radius 3 is 2.33 bits per heavy atom. The number of hydrogen-bond donors (Lipinski definition) is 2. The first-order valence-electron chi connectivity index (χ1n) is 3.84. The van der Waals surface area contributed by atoms with Crippen LogP contribution in [0.25, 0.3) is 0 Å². The Bertz CT molecular complexity index is 275. The Morgan fingerprint density at radius 2 is 2.08 bits per heavy atom. The number of thiazole rings is 1. The van der Waals surface area contributed by atoms with Crippen molar-refractivity contribution in [3.8, 4) is 5.88 Å². The summed E-state index contributed by atoms with van der Waals surface area (Å²) in [7, 11) is 0. The van der Waals surface area contributed by atoms with Gasteiger partial charge in [-0.3, -0.25) is 0 Å². The molecule has 1 aromatic heterocycles. The van der Waals surface area contributed by atoms with Crippen molar-refractivity contribution in [3.05, 3.63) is 9.88 Å². The number of aromatic hydroxyl groups is 1. The molecule has 1 heterocycles. The normalized spacial score (nSPS) is 12.0. The quantitative estimate of drug-likeness (QED) is 0.700. The molecule has 0 atom stereocenters. The average Bonchev–Trinajstić information content (AvgIpc) is 2.29. The maximum Gasteiger partial charge on any atom is 0.226 e. The maximum absolute atomic E-state index is 9.44. The number of nitrogens with two attached hydrogens (primary N) is 1. The SMILES string of the molecule is CC(C)(C)c1sc(CN)nc1O. The maximum atomic E-state index is 9.44. The minimum Gasteiger partial charge on any atom is -0.492 e. The van der Waals surface area contributed by atoms with Gasteiger partial charge in [-0.2, -0.15) is 0 Å². The molecule has 0 aromatic carbocycles. The molecule has 12 heavy (non-hydrogen) atoms. The van der Waals surface area contributed by atoms with E-state index in [9.17, 15) is 5.11 Å². The van der Waals surface area contributed by atoms with Crippen molar-refractivity contribution in [1.29, 1.82) is 0 Å². The fraction of sp³-hybridized carbons (Fsp3) is 0.625. The molecule has 1 rings (SSSR count). The molecule has 3 N–H and O–H groups in total. The van der Waals surface area contributed by atoms with E-state index < -0.39 is 0 Å². The Labute approximate surface area is 76.3 Å². The van der Waals surface area contributed by atoms with Crippen molar-refractivity contribution >= 4 is 11.3 Å². The summed E-state index contributed by atoms with van der Waals surface area (Å²) < 4.78 is 0. The van der Waals surface area contributed by atoms with E-state index in [2.05, 4.69) is 4.98 Å². The van der Waals surface area contributed by atoms with E-state index in [0.29, 0.717) is 6.54 Å². The Balaban J connectivity index is 3.08. The van der Waals surface area contributed by atoms with E-state index in [-0.39, 0.29) is 11.3 Å². The van der Waals surface area contributed by atoms with Crippen molar-refractivity contribution in [2.75, 3.05) is 0 Å². The molecular weight excluding hydrogens is 172 g/mol. The van der Waals surface area contributed by atoms with E-state index in [0.717, 1.165) is 9.88 Å². The molecule has 4 heteroatoms. The Kier molecular flexibility index (Phi) is 2.39. The Hall–Kier alpha value is -0.610. The van der Waals surface area contributed by atoms with Crippen LogP contribution in [0.15, 0.2) is 0 Å². The summed E-state index contributed by atoms with van der Waals surface area (Å²) in [4.78, 5) is 4.85. The molecule has 0 aliphatic rings. The van der Waals surface area contributed by atoms with E-state index in [4.69, 9.17) is 5.73 Å². The van der Waals surface area contributed by atoms with Gasteiger partial charge in [-0.05, 0) is 0 Å². The average molecular weight is 186 g/mol. The first-order chi connectivity index (χ1) is 5.45. The van der Waals surface area contributed by atoms with Crippen molar-refractivity contribution < 1.29 is 5.11 Å². The Morgan fingerprint density at radius 1 is 1.50 bits per heavy atom. The fourth-order valence-corrected chi connectivity index (χ4v) is 1.83. The smallest absolute Gasteiger partial charge is 0.226 e. The van der Waals surface area contributed by atoms with Crippen LogP contribution in [0.2, 0.25) is 0 Å². The molecule has 0 aliphatic heterocycles. The molecule has 0 amide bonds. The lowest BCUT2D eigenvalue weighted by atomic mass is 9.95. The first kappa shape index (κ1) is 9.48. The molecule has 0 bridgehead atoms. The molecule has 1 aromatic rings. The predicted molar refractivity (Wildman–Crippen MR) is 50.4 cm³/mol. The zero-order valence-electron chi connectivity index (χ0n) is 7.59. The summed E-state index contributed by atoms with van der Waals surface area (Å²) in [5.41, 5.74) is 5.37. The van der Waals surface area contributed by atoms with Gasteiger partial charge in [0, 0.05) is 12.0 Å². The molecule has 3 nitrogen and oxygen atoms in total. The number of rotatable bonds is 1. The van der Waals surface area contributed by atoms with Crippen LogP contribution in [0.1, 0.15) is 30.7 Å². The van der Waals surface area contributed by atoms with Gasteiger partial charge in [0.2, 0.25) is 5.88 Å². The lowest BCUT2D eigenvalue weighted by Crippen LogP contribution is -2.08. The van der Waals surface area contributed by atoms with Crippen LogP contribution in [0.3, 0.4) is 0 Å². The molecule has 0 unspecified atom stereocenters. The molecule has 0 saturated heterocycles. The second-order valence-electron chi connectivity index (χ2n) is 3.71. The second kappa shape index (κ2) is 3.03. The third kappa shape index (κ3) is 1.76. The van der Waals surface area contributed by atoms with Crippen molar-refractivity contribution in [2.45, 2.75) is 32.7 Å². The van der Waals surface area contributed by atoms with Crippen molar-refractivity contribution in [2.24, 2.45) is 5.73 Å². The highest BCUT2D eigenvalue weighted by molar-refractivity contribution is 7.12. The minimum absolute atomic E-state index is 0.0465. The summed E-state index contributed by atoms with van der Waals surface area (Å²) in [6, 6.07) is 0. The number of hydrogen-bond acceptors (Lipinski definition) is 4. The largest absolute Gasteiger partial charge is 0.492 e. The zero-order chi connectivity index (χ0) is 9.35. The van der Waals surface area contributed by atoms with E-state index in [1.165, 1.54) is 11.3 Å². The third-order valence-electron chi connectivity index (χ3n) is 1.51. The summed E-state index contributed by atoms with van der Waals surface area (Å²) >= 11 is 1.48. The lowest BCUT2D eigenvalue weighted by molar-refractivity contribution is 0.433. The van der Waals surface area contributed by atoms with Crippen LogP contribution in [-0.2, 0) is 12.0 Å². The number of nitrogens with zero attached hydrogens (tertiary/aromatic N) is 1. The molecule has 0 aliphatic carbocycles. The van der Waals surface area contributed by atoms with E-state index in [1.807, 2.05) is 20.8 Å². The summed E-state index contributed by atoms with van der Waals surface area (Å²) in [6.45, 7) is 6.52. The van der Waals surface area contributed by atoms with E-state index >= 15 is 0 Å². The molecule has 0 radical (unpaired) electrons. The highest BCUT2D eigenvalue weighted by Gasteiger charge is 2.22. The lowest BCUT2D eigenvalue weighted by Gasteiger charge is -2.14. The van der Waals surface area contributed by atoms with Crippen LogP contribution in [0.5, 0.6) is 5.88 Å². The third-order valence-corrected chi connectivity index (χ3v) is 3.00. The van der Waals surface area contributed by atoms with Gasteiger partial charge in [0.25, 0.3) is 0 Å². The van der Waals surface area contributed by atoms with Crippen LogP contribution in [0, 0.1) is 0 Å². The van der Waals surface area contributed by atoms with Crippen LogP contribution >= 0.6 is 11.3 Å². The molecule has 0 spiro atoms. The first-order valence-corrected chi connectivity index (χ1v) is 4.66. The topological polar surface area (TPSA) is 59.1 Å². The number of aromatic nitrogens is 1. The highest BCUT2D eigenvalue weighted by Crippen LogP contribution is 2.35. The van der Waals surface area contributed by atoms with Gasteiger partial charge in [0.15, 0.2) is 0 Å². The van der Waals surface area contributed by atoms with Gasteiger partial charge in [0.05, 0.1) is 4.88 Å².